The molecule has 3 aromatic heterocycles. The van der Waals surface area contributed by atoms with E-state index in [0.29, 0.717) is 88.6 Å². The number of aryl methyl sites for hydroxylation is 7. The normalized spacial score (nSPS) is 22.6. The van der Waals surface area contributed by atoms with Gasteiger partial charge in [-0.05, 0) is 495 Å². The molecule has 6 aromatic carbocycles. The minimum absolute atomic E-state index is 0. The van der Waals surface area contributed by atoms with E-state index < -0.39 is 0 Å². The molecule has 2 amide bonds. The zero-order chi connectivity index (χ0) is 99.9. The Labute approximate surface area is 913 Å². The van der Waals surface area contributed by atoms with E-state index in [1.165, 1.54) is 357 Å². The van der Waals surface area contributed by atoms with Gasteiger partial charge in [0.1, 0.15) is 71.1 Å². The Hall–Kier alpha value is -8.56. The quantitative estimate of drug-likeness (QED) is 0.0627. The summed E-state index contributed by atoms with van der Waals surface area (Å²) in [5, 5.41) is 22.8. The first-order valence-corrected chi connectivity index (χ1v) is 56.8. The average molecular weight is 1990 g/mol. The van der Waals surface area contributed by atoms with Gasteiger partial charge in [0.15, 0.2) is 0 Å². The van der Waals surface area contributed by atoms with E-state index in [1.807, 2.05) is 19.9 Å². The van der Waals surface area contributed by atoms with Crippen LogP contribution in [-0.2, 0) is 69.2 Å². The molecule has 0 bridgehead atoms. The number of fused-ring (bicyclic) bond motifs is 17. The fourth-order valence-electron chi connectivity index (χ4n) is 32.7. The summed E-state index contributed by atoms with van der Waals surface area (Å²) in [6, 6.07) is 27.5. The molecule has 0 saturated heterocycles. The number of amides is 2. The Morgan fingerprint density at radius 3 is 0.979 bits per heavy atom. The van der Waals surface area contributed by atoms with Crippen LogP contribution in [0.5, 0.6) is 17.2 Å². The van der Waals surface area contributed by atoms with Gasteiger partial charge in [-0.2, -0.15) is 0 Å². The number of nitrogens with two attached hydrogens (primary N) is 2. The molecule has 18 nitrogen and oxygen atoms in total. The second-order valence-electron chi connectivity index (χ2n) is 50.4. The fourth-order valence-corrected chi connectivity index (χ4v) is 32.7. The van der Waals surface area contributed by atoms with E-state index in [2.05, 4.69) is 173 Å². The van der Waals surface area contributed by atoms with Crippen LogP contribution in [0.2, 0.25) is 0 Å². The van der Waals surface area contributed by atoms with Crippen LogP contribution in [-0.4, -0.2) is 66.5 Å². The molecule has 9 aromatic rings. The molecule has 0 aliphatic heterocycles. The van der Waals surface area contributed by atoms with E-state index in [9.17, 15) is 14.7 Å². The predicted molar refractivity (Wildman–Crippen MR) is 587 cm³/mol. The smallest absolute Gasteiger partial charge is 0.870 e. The topological polar surface area (TPSA) is 280 Å². The Balaban J connectivity index is 0.000000105. The van der Waals surface area contributed by atoms with Gasteiger partial charge >= 0.3 is 51.4 Å². The number of methoxy groups -OCH3 is 2. The van der Waals surface area contributed by atoms with Gasteiger partial charge < -0.3 is 52.8 Å². The number of carbonyl (C=O) groups is 2. The summed E-state index contributed by atoms with van der Waals surface area (Å²) in [7, 11) is 3.56. The standard InChI is InChI=1S/C26H32N4O.C22H28N4.C18H24O.C18H24.2C17H22O.C9H12N4O.K.H2O/c1-16-12-19(29-22-17(2)23(28-15-27-22)30-24(31)18-6-7-18)13-20-21(16)26(10-11-26)14-25(20)8-4-3-5-9-25;1-14-10-16(26-20-15(2)19(23)24-13-25-20)11-17-18(14)22(8-9-22)12-21(17)6-4-3-5-7-21;1-13-10-14(19-2)11-15-16(13)18(8-9-18)12-17(15)6-4-3-5-7-17;1-13-10-14(2)16-15(11-13)17(6-4-3-5-7-17)12-18(16)8-9-18;1-12-9-13(18)10-14-15(12)17(7-8-17)11-16(14)5-3-2-4-6-16;1-12-9-14(18-3)10-15-16(12)13(2)11-17(15)7-5-4-6-8-17;1-5-7(10)11-4-12-8(5)13-9(14)6-2-3-6;;/h12-13,15,18H,3-11,14H2,1-2H3,(H2,27,28,29,30,31);10-11,13H,3-9,12H2,1-2H3,(H3,23,24,25,26);10-11H,3-9,12H2,1-2H3;10-11H,3-9,12H2,1-2H3;9-10,18H,2-8,11H2,1H3;9-10H,2,4-8,11H2,1,3H3;4,6H,2-3H2,1H3,(H3,10,11,12,13,14);;1H2/q;;;;;;;+1;/p-1. The fraction of sp³-hybridized carbons (Fsp3) is 0.591. The minimum Gasteiger partial charge on any atom is -0.870 e. The summed E-state index contributed by atoms with van der Waals surface area (Å²) in [4.78, 5) is 48.7. The number of phenolic OH excluding ortho intramolecular Hbond substituents is 1. The van der Waals surface area contributed by atoms with Crippen LogP contribution in [0.25, 0.3) is 5.57 Å². The van der Waals surface area contributed by atoms with Crippen molar-refractivity contribution in [1.82, 2.24) is 29.9 Å². The summed E-state index contributed by atoms with van der Waals surface area (Å²) in [5.41, 5.74) is 52.8. The third-order valence-corrected chi connectivity index (χ3v) is 40.3. The van der Waals surface area contributed by atoms with E-state index >= 15 is 0 Å². The summed E-state index contributed by atoms with van der Waals surface area (Å²) < 4.78 is 11.0. The number of hydrogen-bond donors (Lipinski definition) is 7. The largest absolute Gasteiger partial charge is 1.00 e. The predicted octanol–water partition coefficient (Wildman–Crippen LogP) is 27.0. The van der Waals surface area contributed by atoms with Gasteiger partial charge in [0.25, 0.3) is 0 Å². The third-order valence-electron chi connectivity index (χ3n) is 40.3. The number of ether oxygens (including phenoxy) is 2. The molecule has 146 heavy (non-hydrogen) atoms. The molecule has 28 rings (SSSR count). The number of rotatable bonds is 10. The summed E-state index contributed by atoms with van der Waals surface area (Å²) in [5.74, 6) is 6.68. The Bertz CT molecular complexity index is 6390. The number of benzene rings is 6. The second-order valence-corrected chi connectivity index (χ2v) is 50.4. The van der Waals surface area contributed by atoms with E-state index in [0.717, 1.165) is 83.3 Å². The summed E-state index contributed by atoms with van der Waals surface area (Å²) >= 11 is 0. The molecule has 19 heteroatoms. The van der Waals surface area contributed by atoms with E-state index in [-0.39, 0.29) is 80.5 Å². The molecule has 10 N–H and O–H groups in total. The molecule has 0 unspecified atom stereocenters. The molecule has 19 aliphatic rings. The number of aromatic hydroxyl groups is 1. The molecule has 0 radical (unpaired) electrons. The van der Waals surface area contributed by atoms with Crippen LogP contribution in [0.3, 0.4) is 0 Å². The summed E-state index contributed by atoms with van der Waals surface area (Å²) in [6.45, 7) is 26.0. The molecule has 770 valence electrons. The van der Waals surface area contributed by atoms with Gasteiger partial charge in [-0.3, -0.25) is 9.59 Å². The van der Waals surface area contributed by atoms with Crippen molar-refractivity contribution in [3.63, 3.8) is 0 Å². The monoisotopic (exact) mass is 1990 g/mol. The Kier molecular flexibility index (Phi) is 29.0. The maximum absolute atomic E-state index is 12.2. The number of nitrogens with one attached hydrogen (secondary N) is 4. The molecular weight excluding hydrogens is 1830 g/mol. The van der Waals surface area contributed by atoms with Crippen molar-refractivity contribution in [2.24, 2.45) is 11.8 Å². The van der Waals surface area contributed by atoms with Gasteiger partial charge in [0.05, 0.1) is 14.2 Å². The molecule has 19 aliphatic carbocycles. The van der Waals surface area contributed by atoms with Crippen LogP contribution in [0.1, 0.15) is 443 Å². The van der Waals surface area contributed by atoms with Crippen molar-refractivity contribution < 1.29 is 81.0 Å². The zero-order valence-electron chi connectivity index (χ0n) is 90.7. The zero-order valence-corrected chi connectivity index (χ0v) is 93.9. The first-order valence-electron chi connectivity index (χ1n) is 56.8. The number of carbonyl (C=O) groups excluding carboxylic acids is 2. The molecule has 0 atom stereocenters. The first-order chi connectivity index (χ1) is 69.4. The average Bonchev–Trinajstić information content (AvgIpc) is 1.55. The van der Waals surface area contributed by atoms with E-state index in [4.69, 9.17) is 20.9 Å². The van der Waals surface area contributed by atoms with Crippen LogP contribution >= 0.6 is 0 Å². The van der Waals surface area contributed by atoms with Crippen LogP contribution in [0, 0.1) is 81.1 Å². The minimum atomic E-state index is 0. The van der Waals surface area contributed by atoms with Crippen LogP contribution in [0.4, 0.5) is 46.3 Å². The number of aromatic nitrogens is 6. The Morgan fingerprint density at radius 2 is 0.616 bits per heavy atom. The van der Waals surface area contributed by atoms with Crippen molar-refractivity contribution in [2.75, 3.05) is 47.0 Å². The molecule has 3 heterocycles. The number of anilines is 8. The van der Waals surface area contributed by atoms with Crippen molar-refractivity contribution in [3.05, 3.63) is 221 Å². The second kappa shape index (κ2) is 40.5. The number of nitrogen functional groups attached to an aromatic ring is 2. The number of nitrogens with zero attached hydrogens (tertiary/aromatic N) is 6. The number of phenols is 1. The van der Waals surface area contributed by atoms with Crippen LogP contribution < -0.4 is 93.6 Å². The molecule has 13 saturated carbocycles. The summed E-state index contributed by atoms with van der Waals surface area (Å²) in [6.07, 6.45) is 72.4. The van der Waals surface area contributed by atoms with Gasteiger partial charge in [-0.15, -0.1) is 0 Å². The SMILES string of the molecule is C=C1CC2(CCCCC2)c2cc(OC)cc(C)c21.COc1cc(C)c2c(c1)C1(CCCCC1)CC21CC1.Cc1c(N)ncnc1NC(=O)C1CC1.Cc1cc(C)c2c(c1)C1(CCCCC1)CC21CC1.Cc1cc(Nc2ncnc(N)c2C)cc2c1C1(CC1)CC21CCCCC1.Cc1cc(Nc2ncnc(NC(=O)C3CC3)c2C)cc2c1C1(CC1)CC21CCCCC1.Cc1cc(O)cc2c1C1(CC1)CC21CCCCC1.[K+].[OH-]. The van der Waals surface area contributed by atoms with Gasteiger partial charge in [-0.1, -0.05) is 140 Å². The Morgan fingerprint density at radius 1 is 0.329 bits per heavy atom. The number of hydrogen-bond acceptors (Lipinski definition) is 16. The number of allylic oxidation sites excluding steroid dienone is 1. The molecule has 11 spiro atoms. The van der Waals surface area contributed by atoms with Crippen LogP contribution in [0.15, 0.2) is 98.4 Å². The maximum Gasteiger partial charge on any atom is 1.00 e. The maximum atomic E-state index is 12.2. The molecular formula is C127H165KN12O6. The van der Waals surface area contributed by atoms with Gasteiger partial charge in [0.2, 0.25) is 11.8 Å². The van der Waals surface area contributed by atoms with E-state index in [1.54, 1.807) is 83.1 Å². The molecule has 13 fully saturated rings. The van der Waals surface area contributed by atoms with Crippen molar-refractivity contribution >= 4 is 63.7 Å². The first kappa shape index (κ1) is 105. The third kappa shape index (κ3) is 19.6. The van der Waals surface area contributed by atoms with Crippen molar-refractivity contribution in [3.8, 4) is 17.2 Å². The van der Waals surface area contributed by atoms with Gasteiger partial charge in [-0.25, -0.2) is 29.9 Å². The van der Waals surface area contributed by atoms with Gasteiger partial charge in [0, 0.05) is 45.3 Å². The van der Waals surface area contributed by atoms with Crippen molar-refractivity contribution in [2.45, 2.75) is 450 Å². The van der Waals surface area contributed by atoms with Crippen molar-refractivity contribution in [1.29, 1.82) is 0 Å².